The van der Waals surface area contributed by atoms with Crippen LogP contribution in [0.15, 0.2) is 17.1 Å². The van der Waals surface area contributed by atoms with Crippen LogP contribution in [-0.4, -0.2) is 18.1 Å². The number of aromatic nitrogens is 1. The lowest BCUT2D eigenvalue weighted by Crippen LogP contribution is -2.19. The van der Waals surface area contributed by atoms with Crippen LogP contribution in [0, 0.1) is 0 Å². The first-order valence-electron chi connectivity index (χ1n) is 4.20. The van der Waals surface area contributed by atoms with Crippen molar-refractivity contribution in [3.05, 3.63) is 33.7 Å². The second-order valence-corrected chi connectivity index (χ2v) is 2.99. The minimum atomic E-state index is -4.56. The summed E-state index contributed by atoms with van der Waals surface area (Å²) in [5, 5.41) is 0. The average molecular weight is 235 g/mol. The lowest BCUT2D eigenvalue weighted by Gasteiger charge is -2.07. The van der Waals surface area contributed by atoms with Gasteiger partial charge in [0.1, 0.15) is 0 Å². The first-order chi connectivity index (χ1) is 7.34. The summed E-state index contributed by atoms with van der Waals surface area (Å²) in [5.41, 5.74) is -2.02. The zero-order valence-corrected chi connectivity index (χ0v) is 8.22. The molecule has 0 aromatic carbocycles. The van der Waals surface area contributed by atoms with Crippen LogP contribution in [0.5, 0.6) is 0 Å². The number of methoxy groups -OCH3 is 1. The van der Waals surface area contributed by atoms with Gasteiger partial charge in [0.05, 0.1) is 19.1 Å². The van der Waals surface area contributed by atoms with E-state index in [2.05, 4.69) is 4.74 Å². The Balaban J connectivity index is 3.09. The molecule has 7 heteroatoms. The molecule has 0 saturated carbocycles. The van der Waals surface area contributed by atoms with Crippen LogP contribution in [0.1, 0.15) is 11.1 Å². The second-order valence-electron chi connectivity index (χ2n) is 2.99. The third-order valence-electron chi connectivity index (χ3n) is 1.87. The van der Waals surface area contributed by atoms with Crippen molar-refractivity contribution in [1.82, 2.24) is 4.98 Å². The van der Waals surface area contributed by atoms with Gasteiger partial charge in [0.25, 0.3) is 5.56 Å². The van der Waals surface area contributed by atoms with E-state index >= 15 is 0 Å². The van der Waals surface area contributed by atoms with E-state index in [9.17, 15) is 22.8 Å². The number of nitrogens with one attached hydrogen (secondary N) is 1. The molecule has 0 unspecified atom stereocenters. The number of carbonyl (C=O) groups excluding carboxylic acids is 1. The quantitative estimate of drug-likeness (QED) is 0.781. The molecule has 1 aromatic rings. The SMILES string of the molecule is COC(=O)Cc1cc(C(F)(F)F)c[nH]c1=O. The van der Waals surface area contributed by atoms with Crippen molar-refractivity contribution in [2.24, 2.45) is 0 Å². The molecule has 1 N–H and O–H groups in total. The highest BCUT2D eigenvalue weighted by Gasteiger charge is 2.31. The van der Waals surface area contributed by atoms with E-state index in [-0.39, 0.29) is 5.56 Å². The Kier molecular flexibility index (Phi) is 3.36. The van der Waals surface area contributed by atoms with Crippen molar-refractivity contribution in [3.63, 3.8) is 0 Å². The smallest absolute Gasteiger partial charge is 0.417 e. The molecule has 88 valence electrons. The molecule has 0 bridgehead atoms. The first kappa shape index (κ1) is 12.3. The Morgan fingerprint density at radius 2 is 2.12 bits per heavy atom. The number of aromatic amines is 1. The van der Waals surface area contributed by atoms with Gasteiger partial charge in [0.2, 0.25) is 0 Å². The van der Waals surface area contributed by atoms with E-state index in [4.69, 9.17) is 0 Å². The highest BCUT2D eigenvalue weighted by Crippen LogP contribution is 2.28. The molecule has 0 fully saturated rings. The Hall–Kier alpha value is -1.79. The largest absolute Gasteiger partial charge is 0.469 e. The van der Waals surface area contributed by atoms with Crippen LogP contribution in [0.4, 0.5) is 13.2 Å². The standard InChI is InChI=1S/C9H8F3NO3/c1-16-7(14)3-5-2-6(9(10,11)12)4-13-8(5)15/h2,4H,3H2,1H3,(H,13,15). The molecule has 0 radical (unpaired) electrons. The topological polar surface area (TPSA) is 59.2 Å². The number of hydrogen-bond acceptors (Lipinski definition) is 3. The number of rotatable bonds is 2. The van der Waals surface area contributed by atoms with E-state index in [1.165, 1.54) is 0 Å². The van der Waals surface area contributed by atoms with Gasteiger partial charge in [0.15, 0.2) is 0 Å². The van der Waals surface area contributed by atoms with Crippen LogP contribution in [0.3, 0.4) is 0 Å². The first-order valence-corrected chi connectivity index (χ1v) is 4.20. The van der Waals surface area contributed by atoms with Crippen LogP contribution in [0.25, 0.3) is 0 Å². The van der Waals surface area contributed by atoms with E-state index in [0.29, 0.717) is 12.3 Å². The number of H-pyrrole nitrogens is 1. The molecular weight excluding hydrogens is 227 g/mol. The molecule has 0 saturated heterocycles. The van der Waals surface area contributed by atoms with Crippen molar-refractivity contribution in [1.29, 1.82) is 0 Å². The molecule has 0 atom stereocenters. The normalized spacial score (nSPS) is 11.2. The zero-order valence-electron chi connectivity index (χ0n) is 8.22. The molecule has 0 aliphatic heterocycles. The monoisotopic (exact) mass is 235 g/mol. The fourth-order valence-corrected chi connectivity index (χ4v) is 1.05. The Bertz CT molecular complexity index is 450. The highest BCUT2D eigenvalue weighted by atomic mass is 19.4. The summed E-state index contributed by atoms with van der Waals surface area (Å²) in [6.07, 6.45) is -4.49. The summed E-state index contributed by atoms with van der Waals surface area (Å²) in [6.45, 7) is 0. The summed E-state index contributed by atoms with van der Waals surface area (Å²) >= 11 is 0. The highest BCUT2D eigenvalue weighted by molar-refractivity contribution is 5.72. The number of ether oxygens (including phenoxy) is 1. The van der Waals surface area contributed by atoms with Crippen LogP contribution in [-0.2, 0) is 22.1 Å². The molecular formula is C9H8F3NO3. The molecule has 0 spiro atoms. The van der Waals surface area contributed by atoms with Crippen molar-refractivity contribution in [2.75, 3.05) is 7.11 Å². The van der Waals surface area contributed by atoms with Gasteiger partial charge in [-0.05, 0) is 6.07 Å². The third-order valence-corrected chi connectivity index (χ3v) is 1.87. The van der Waals surface area contributed by atoms with Gasteiger partial charge < -0.3 is 9.72 Å². The van der Waals surface area contributed by atoms with Crippen LogP contribution >= 0.6 is 0 Å². The van der Waals surface area contributed by atoms with E-state index in [1.54, 1.807) is 0 Å². The van der Waals surface area contributed by atoms with Gasteiger partial charge in [-0.25, -0.2) is 0 Å². The Labute approximate surface area is 88.0 Å². The third kappa shape index (κ3) is 2.85. The molecule has 0 aliphatic rings. The summed E-state index contributed by atoms with van der Waals surface area (Å²) in [6, 6.07) is 0.635. The van der Waals surface area contributed by atoms with E-state index < -0.39 is 29.7 Å². The Morgan fingerprint density at radius 3 is 2.62 bits per heavy atom. The fraction of sp³-hybridized carbons (Fsp3) is 0.333. The number of esters is 1. The van der Waals surface area contributed by atoms with Gasteiger partial charge in [-0.15, -0.1) is 0 Å². The minimum Gasteiger partial charge on any atom is -0.469 e. The molecule has 0 aliphatic carbocycles. The maximum absolute atomic E-state index is 12.3. The minimum absolute atomic E-state index is 0.276. The van der Waals surface area contributed by atoms with Gasteiger partial charge in [0, 0.05) is 11.8 Å². The summed E-state index contributed by atoms with van der Waals surface area (Å²) in [4.78, 5) is 23.9. The van der Waals surface area contributed by atoms with Gasteiger partial charge in [-0.1, -0.05) is 0 Å². The second kappa shape index (κ2) is 4.38. The average Bonchev–Trinajstić information content (AvgIpc) is 2.19. The number of alkyl halides is 3. The molecule has 1 aromatic heterocycles. The molecule has 1 rings (SSSR count). The molecule has 0 amide bonds. The number of carbonyl (C=O) groups is 1. The predicted octanol–water partition coefficient (Wildman–Crippen LogP) is 1.11. The summed E-state index contributed by atoms with van der Waals surface area (Å²) in [7, 11) is 1.09. The van der Waals surface area contributed by atoms with Crippen LogP contribution in [0.2, 0.25) is 0 Å². The lowest BCUT2D eigenvalue weighted by molar-refractivity contribution is -0.140. The van der Waals surface area contributed by atoms with Crippen molar-refractivity contribution >= 4 is 5.97 Å². The molecule has 16 heavy (non-hydrogen) atoms. The maximum Gasteiger partial charge on any atom is 0.417 e. The summed E-state index contributed by atoms with van der Waals surface area (Å²) in [5.74, 6) is -0.773. The van der Waals surface area contributed by atoms with E-state index in [1.807, 2.05) is 4.98 Å². The van der Waals surface area contributed by atoms with Gasteiger partial charge in [-0.3, -0.25) is 9.59 Å². The lowest BCUT2D eigenvalue weighted by atomic mass is 10.1. The van der Waals surface area contributed by atoms with Gasteiger partial charge in [-0.2, -0.15) is 13.2 Å². The van der Waals surface area contributed by atoms with Crippen LogP contribution < -0.4 is 5.56 Å². The van der Waals surface area contributed by atoms with Crippen molar-refractivity contribution in [3.8, 4) is 0 Å². The predicted molar refractivity (Wildman–Crippen MR) is 47.8 cm³/mol. The van der Waals surface area contributed by atoms with Crippen molar-refractivity contribution in [2.45, 2.75) is 12.6 Å². The van der Waals surface area contributed by atoms with Gasteiger partial charge >= 0.3 is 12.1 Å². The number of hydrogen-bond donors (Lipinski definition) is 1. The fourth-order valence-electron chi connectivity index (χ4n) is 1.05. The summed E-state index contributed by atoms with van der Waals surface area (Å²) < 4.78 is 41.1. The Morgan fingerprint density at radius 1 is 1.50 bits per heavy atom. The number of halogens is 3. The molecule has 4 nitrogen and oxygen atoms in total. The number of pyridine rings is 1. The maximum atomic E-state index is 12.3. The zero-order chi connectivity index (χ0) is 12.3. The van der Waals surface area contributed by atoms with Crippen molar-refractivity contribution < 1.29 is 22.7 Å². The molecule has 1 heterocycles. The van der Waals surface area contributed by atoms with E-state index in [0.717, 1.165) is 7.11 Å².